The molecule has 0 aromatic heterocycles. The van der Waals surface area contributed by atoms with Gasteiger partial charge in [-0.2, -0.15) is 0 Å². The fourth-order valence-electron chi connectivity index (χ4n) is 8.53. The van der Waals surface area contributed by atoms with E-state index in [-0.39, 0.29) is 0 Å². The summed E-state index contributed by atoms with van der Waals surface area (Å²) in [6, 6.07) is 1.55. The van der Waals surface area contributed by atoms with Gasteiger partial charge in [0.25, 0.3) is 0 Å². The van der Waals surface area contributed by atoms with Crippen LogP contribution in [0.25, 0.3) is 0 Å². The number of hydrogen-bond acceptors (Lipinski definition) is 2. The molecular formula is C23H38N2. The molecule has 8 atom stereocenters. The van der Waals surface area contributed by atoms with Crippen molar-refractivity contribution in [3.05, 3.63) is 11.6 Å². The minimum Gasteiger partial charge on any atom is -0.313 e. The van der Waals surface area contributed by atoms with Crippen molar-refractivity contribution < 1.29 is 0 Å². The highest BCUT2D eigenvalue weighted by molar-refractivity contribution is 5.26. The second kappa shape index (κ2) is 5.58. The van der Waals surface area contributed by atoms with Crippen molar-refractivity contribution in [1.29, 1.82) is 0 Å². The van der Waals surface area contributed by atoms with E-state index < -0.39 is 0 Å². The van der Waals surface area contributed by atoms with Crippen LogP contribution in [0.3, 0.4) is 0 Å². The van der Waals surface area contributed by atoms with Crippen LogP contribution >= 0.6 is 0 Å². The topological polar surface area (TPSA) is 15.3 Å². The van der Waals surface area contributed by atoms with Gasteiger partial charge in [-0.25, -0.2) is 0 Å². The Morgan fingerprint density at radius 3 is 2.64 bits per heavy atom. The predicted molar refractivity (Wildman–Crippen MR) is 104 cm³/mol. The van der Waals surface area contributed by atoms with E-state index in [1.54, 1.807) is 0 Å². The molecule has 0 radical (unpaired) electrons. The molecule has 1 saturated heterocycles. The zero-order valence-corrected chi connectivity index (χ0v) is 16.9. The number of hydrogen-bond donors (Lipinski definition) is 1. The molecule has 0 aromatic carbocycles. The van der Waals surface area contributed by atoms with Crippen LogP contribution in [0.1, 0.15) is 65.2 Å². The lowest BCUT2D eigenvalue weighted by molar-refractivity contribution is -0.0408. The molecule has 2 heteroatoms. The fourth-order valence-corrected chi connectivity index (χ4v) is 8.53. The standard InChI is InChI=1S/C23H38N2/c1-15-19-7-8-21-18-6-5-16-13-17(25(3)4)9-11-22(16,2)20(18)10-12-23(19,21)14-24-15/h5,15,17-21,24H,6-14H2,1-4H3/t15-,17-,18+,19+,20-,21-,22-,23-/m0/s1. The summed E-state index contributed by atoms with van der Waals surface area (Å²) in [5, 5.41) is 3.87. The average molecular weight is 343 g/mol. The molecule has 2 nitrogen and oxygen atoms in total. The molecule has 1 spiro atoms. The largest absolute Gasteiger partial charge is 0.313 e. The first-order valence-corrected chi connectivity index (χ1v) is 11.0. The van der Waals surface area contributed by atoms with Gasteiger partial charge in [-0.05, 0) is 107 Å². The maximum Gasteiger partial charge on any atom is 0.0127 e. The molecule has 3 saturated carbocycles. The normalized spacial score (nSPS) is 54.5. The van der Waals surface area contributed by atoms with E-state index in [2.05, 4.69) is 44.2 Å². The van der Waals surface area contributed by atoms with Gasteiger partial charge in [0.2, 0.25) is 0 Å². The number of nitrogens with one attached hydrogen (secondary N) is 1. The van der Waals surface area contributed by atoms with E-state index in [0.717, 1.165) is 35.8 Å². The smallest absolute Gasteiger partial charge is 0.0127 e. The highest BCUT2D eigenvalue weighted by Gasteiger charge is 2.62. The number of rotatable bonds is 1. The molecule has 0 aromatic rings. The second-order valence-corrected chi connectivity index (χ2v) is 10.7. The predicted octanol–water partition coefficient (Wildman–Crippen LogP) is 4.47. The van der Waals surface area contributed by atoms with Crippen molar-refractivity contribution in [1.82, 2.24) is 10.2 Å². The van der Waals surface area contributed by atoms with Gasteiger partial charge >= 0.3 is 0 Å². The zero-order chi connectivity index (χ0) is 17.4. The van der Waals surface area contributed by atoms with Gasteiger partial charge in [0.05, 0.1) is 0 Å². The van der Waals surface area contributed by atoms with Crippen LogP contribution in [0.2, 0.25) is 0 Å². The van der Waals surface area contributed by atoms with Gasteiger partial charge in [0.1, 0.15) is 0 Å². The lowest BCUT2D eigenvalue weighted by Crippen LogP contribution is -2.52. The van der Waals surface area contributed by atoms with Gasteiger partial charge in [0, 0.05) is 18.6 Å². The van der Waals surface area contributed by atoms with Gasteiger partial charge in [0.15, 0.2) is 0 Å². The van der Waals surface area contributed by atoms with E-state index in [1.807, 2.05) is 5.57 Å². The molecule has 0 bridgehead atoms. The van der Waals surface area contributed by atoms with Crippen LogP contribution in [-0.2, 0) is 0 Å². The van der Waals surface area contributed by atoms with Crippen LogP contribution in [0.4, 0.5) is 0 Å². The Hall–Kier alpha value is -0.340. The monoisotopic (exact) mass is 342 g/mol. The van der Waals surface area contributed by atoms with E-state index in [0.29, 0.717) is 10.8 Å². The first-order chi connectivity index (χ1) is 12.0. The third-order valence-electron chi connectivity index (χ3n) is 9.95. The Morgan fingerprint density at radius 2 is 1.84 bits per heavy atom. The lowest BCUT2D eigenvalue weighted by Gasteiger charge is -2.58. The Labute approximate surface area is 154 Å². The van der Waals surface area contributed by atoms with E-state index >= 15 is 0 Å². The van der Waals surface area contributed by atoms with Crippen molar-refractivity contribution in [3.8, 4) is 0 Å². The summed E-state index contributed by atoms with van der Waals surface area (Å²) < 4.78 is 0. The second-order valence-electron chi connectivity index (χ2n) is 10.7. The maximum absolute atomic E-state index is 3.87. The summed E-state index contributed by atoms with van der Waals surface area (Å²) >= 11 is 0. The summed E-state index contributed by atoms with van der Waals surface area (Å²) in [5.74, 6) is 3.94. The van der Waals surface area contributed by atoms with Crippen molar-refractivity contribution in [3.63, 3.8) is 0 Å². The summed E-state index contributed by atoms with van der Waals surface area (Å²) in [4.78, 5) is 2.47. The average Bonchev–Trinajstić information content (AvgIpc) is 3.11. The first-order valence-electron chi connectivity index (χ1n) is 11.0. The Morgan fingerprint density at radius 1 is 1.04 bits per heavy atom. The van der Waals surface area contributed by atoms with Crippen LogP contribution in [0.5, 0.6) is 0 Å². The van der Waals surface area contributed by atoms with Gasteiger partial charge in [-0.1, -0.05) is 18.6 Å². The quantitative estimate of drug-likeness (QED) is 0.707. The lowest BCUT2D eigenvalue weighted by atomic mass is 9.47. The minimum absolute atomic E-state index is 0.521. The van der Waals surface area contributed by atoms with Crippen LogP contribution in [0.15, 0.2) is 11.6 Å². The zero-order valence-electron chi connectivity index (χ0n) is 16.9. The SMILES string of the molecule is C[C@@H]1NC[C@]23CC[C@H]4[C@@H](CC=C5C[C@@H](N(C)C)CC[C@@]54C)[C@@H]2CC[C@H]13. The highest BCUT2D eigenvalue weighted by Crippen LogP contribution is 2.67. The van der Waals surface area contributed by atoms with Crippen molar-refractivity contribution >= 4 is 0 Å². The Balaban J connectivity index is 1.45. The molecule has 1 N–H and O–H groups in total. The van der Waals surface area contributed by atoms with Crippen molar-refractivity contribution in [2.45, 2.75) is 77.3 Å². The van der Waals surface area contributed by atoms with Gasteiger partial charge in [-0.3, -0.25) is 0 Å². The molecule has 4 fully saturated rings. The third kappa shape index (κ3) is 2.16. The molecule has 1 aliphatic heterocycles. The van der Waals surface area contributed by atoms with E-state index in [1.165, 1.54) is 57.9 Å². The number of fused-ring (bicyclic) bond motifs is 4. The first kappa shape index (κ1) is 16.8. The maximum atomic E-state index is 3.87. The molecular weight excluding hydrogens is 304 g/mol. The molecule has 0 unspecified atom stereocenters. The summed E-state index contributed by atoms with van der Waals surface area (Å²) in [6.07, 6.45) is 14.3. The molecule has 5 aliphatic rings. The van der Waals surface area contributed by atoms with Crippen molar-refractivity contribution in [2.75, 3.05) is 20.6 Å². The highest BCUT2D eigenvalue weighted by atomic mass is 15.1. The Bertz CT molecular complexity index is 581. The van der Waals surface area contributed by atoms with Gasteiger partial charge < -0.3 is 10.2 Å². The molecule has 1 heterocycles. The van der Waals surface area contributed by atoms with Crippen LogP contribution in [-0.4, -0.2) is 37.6 Å². The molecule has 25 heavy (non-hydrogen) atoms. The molecule has 5 rings (SSSR count). The van der Waals surface area contributed by atoms with Crippen LogP contribution in [0, 0.1) is 34.5 Å². The fraction of sp³-hybridized carbons (Fsp3) is 0.913. The molecule has 0 amide bonds. The summed E-state index contributed by atoms with van der Waals surface area (Å²) in [7, 11) is 4.55. The summed E-state index contributed by atoms with van der Waals surface area (Å²) in [5.41, 5.74) is 3.03. The van der Waals surface area contributed by atoms with Crippen LogP contribution < -0.4 is 5.32 Å². The Kier molecular flexibility index (Phi) is 3.75. The summed E-state index contributed by atoms with van der Waals surface area (Å²) in [6.45, 7) is 6.43. The number of nitrogens with zero attached hydrogens (tertiary/aromatic N) is 1. The van der Waals surface area contributed by atoms with Crippen molar-refractivity contribution in [2.24, 2.45) is 34.5 Å². The minimum atomic E-state index is 0.521. The molecule has 140 valence electrons. The van der Waals surface area contributed by atoms with Gasteiger partial charge in [-0.15, -0.1) is 0 Å². The third-order valence-corrected chi connectivity index (χ3v) is 9.95. The molecule has 4 aliphatic carbocycles. The van der Waals surface area contributed by atoms with E-state index in [4.69, 9.17) is 0 Å². The van der Waals surface area contributed by atoms with E-state index in [9.17, 15) is 0 Å². The number of allylic oxidation sites excluding steroid dienone is 1.